The molecule has 0 spiro atoms. The Morgan fingerprint density at radius 1 is 1.33 bits per heavy atom. The number of methoxy groups -OCH3 is 1. The van der Waals surface area contributed by atoms with Crippen molar-refractivity contribution in [2.45, 2.75) is 38.1 Å². The number of aliphatic hydroxyl groups is 1. The van der Waals surface area contributed by atoms with Crippen molar-refractivity contribution in [3.8, 4) is 5.75 Å². The average Bonchev–Trinajstić information content (AvgIpc) is 2.85. The lowest BCUT2D eigenvalue weighted by atomic mass is 9.84. The van der Waals surface area contributed by atoms with E-state index in [1.165, 1.54) is 11.8 Å². The smallest absolute Gasteiger partial charge is 0.337 e. The number of esters is 1. The van der Waals surface area contributed by atoms with Gasteiger partial charge in [0, 0.05) is 6.42 Å². The highest BCUT2D eigenvalue weighted by atomic mass is 16.5. The van der Waals surface area contributed by atoms with Gasteiger partial charge in [-0.3, -0.25) is 9.59 Å². The van der Waals surface area contributed by atoms with Crippen LogP contribution in [0.1, 0.15) is 18.9 Å². The van der Waals surface area contributed by atoms with E-state index < -0.39 is 30.1 Å². The average molecular weight is 333 g/mol. The number of Topliss-reactive ketones (excluding diaryl/α,β-unsaturated/α-hetero) is 1. The van der Waals surface area contributed by atoms with Gasteiger partial charge in [-0.25, -0.2) is 4.79 Å². The minimum Gasteiger partial charge on any atom is -0.497 e. The van der Waals surface area contributed by atoms with Crippen molar-refractivity contribution >= 4 is 17.7 Å². The Kier molecular flexibility index (Phi) is 4.28. The Morgan fingerprint density at radius 3 is 2.58 bits per heavy atom. The van der Waals surface area contributed by atoms with Gasteiger partial charge in [-0.05, 0) is 24.6 Å². The van der Waals surface area contributed by atoms with Crippen LogP contribution in [0.25, 0.3) is 0 Å². The van der Waals surface area contributed by atoms with Gasteiger partial charge in [-0.15, -0.1) is 0 Å². The minimum absolute atomic E-state index is 0.0130. The molecule has 3 rings (SSSR count). The molecule has 0 bridgehead atoms. The van der Waals surface area contributed by atoms with Crippen LogP contribution in [0.3, 0.4) is 0 Å². The van der Waals surface area contributed by atoms with Crippen LogP contribution < -0.4 is 4.74 Å². The van der Waals surface area contributed by atoms with Crippen molar-refractivity contribution in [2.75, 3.05) is 7.11 Å². The molecule has 1 N–H and O–H groups in total. The molecular weight excluding hydrogens is 314 g/mol. The molecule has 1 aromatic carbocycles. The molecule has 0 radical (unpaired) electrons. The van der Waals surface area contributed by atoms with Gasteiger partial charge in [0.05, 0.1) is 25.2 Å². The predicted octanol–water partition coefficient (Wildman–Crippen LogP) is 0.288. The van der Waals surface area contributed by atoms with Crippen molar-refractivity contribution in [1.29, 1.82) is 0 Å². The van der Waals surface area contributed by atoms with Gasteiger partial charge in [0.15, 0.2) is 11.8 Å². The molecule has 1 amide bonds. The highest BCUT2D eigenvalue weighted by Crippen LogP contribution is 2.40. The fourth-order valence-corrected chi connectivity index (χ4v) is 3.34. The topological polar surface area (TPSA) is 93.1 Å². The van der Waals surface area contributed by atoms with Crippen LogP contribution in [0.15, 0.2) is 24.3 Å². The number of ketones is 1. The van der Waals surface area contributed by atoms with Crippen LogP contribution in [0.4, 0.5) is 0 Å². The second kappa shape index (κ2) is 6.24. The van der Waals surface area contributed by atoms with Gasteiger partial charge in [0.2, 0.25) is 5.91 Å². The molecule has 2 aliphatic heterocycles. The fraction of sp³-hybridized carbons (Fsp3) is 0.471. The summed E-state index contributed by atoms with van der Waals surface area (Å²) in [5.74, 6) is -1.35. The van der Waals surface area contributed by atoms with Crippen molar-refractivity contribution in [3.63, 3.8) is 0 Å². The molecule has 4 atom stereocenters. The SMILES string of the molecule is COc1ccc(COC(=O)C2C(=O)CC3C(C(C)O)C(=O)N23)cc1. The van der Waals surface area contributed by atoms with E-state index in [0.29, 0.717) is 5.75 Å². The Balaban J connectivity index is 1.63. The van der Waals surface area contributed by atoms with E-state index in [-0.39, 0.29) is 24.7 Å². The number of aliphatic hydroxyl groups excluding tert-OH is 1. The number of rotatable bonds is 5. The molecule has 0 aromatic heterocycles. The quantitative estimate of drug-likeness (QED) is 0.473. The standard InChI is InChI=1S/C17H19NO6/c1-9(19)14-12-7-13(20)15(18(12)16(14)21)17(22)24-8-10-3-5-11(23-2)6-4-10/h3-6,9,12,14-15,19H,7-8H2,1-2H3. The fourth-order valence-electron chi connectivity index (χ4n) is 3.34. The molecule has 128 valence electrons. The van der Waals surface area contributed by atoms with Crippen molar-refractivity contribution in [1.82, 2.24) is 4.90 Å². The summed E-state index contributed by atoms with van der Waals surface area (Å²) in [6, 6.07) is 5.41. The maximum Gasteiger partial charge on any atom is 0.337 e. The first-order valence-electron chi connectivity index (χ1n) is 7.76. The van der Waals surface area contributed by atoms with E-state index in [2.05, 4.69) is 0 Å². The number of ether oxygens (including phenoxy) is 2. The summed E-state index contributed by atoms with van der Waals surface area (Å²) >= 11 is 0. The molecular formula is C17H19NO6. The number of carbonyl (C=O) groups excluding carboxylic acids is 3. The number of hydrogen-bond donors (Lipinski definition) is 1. The van der Waals surface area contributed by atoms with Gasteiger partial charge in [-0.1, -0.05) is 12.1 Å². The first-order valence-corrected chi connectivity index (χ1v) is 7.76. The van der Waals surface area contributed by atoms with Crippen molar-refractivity contribution in [3.05, 3.63) is 29.8 Å². The third kappa shape index (κ3) is 2.65. The largest absolute Gasteiger partial charge is 0.497 e. The molecule has 24 heavy (non-hydrogen) atoms. The number of nitrogens with zero attached hydrogens (tertiary/aromatic N) is 1. The van der Waals surface area contributed by atoms with E-state index in [0.717, 1.165) is 5.56 Å². The van der Waals surface area contributed by atoms with Gasteiger partial charge in [-0.2, -0.15) is 0 Å². The second-order valence-corrected chi connectivity index (χ2v) is 6.11. The summed E-state index contributed by atoms with van der Waals surface area (Å²) in [5.41, 5.74) is 0.753. The van der Waals surface area contributed by atoms with Gasteiger partial charge < -0.3 is 19.5 Å². The van der Waals surface area contributed by atoms with Crippen LogP contribution in [0.5, 0.6) is 5.75 Å². The number of carbonyl (C=O) groups is 3. The lowest BCUT2D eigenvalue weighted by Gasteiger charge is -2.45. The summed E-state index contributed by atoms with van der Waals surface area (Å²) in [4.78, 5) is 37.7. The first-order chi connectivity index (χ1) is 11.4. The summed E-state index contributed by atoms with van der Waals surface area (Å²) < 4.78 is 10.2. The summed E-state index contributed by atoms with van der Waals surface area (Å²) in [7, 11) is 1.56. The highest BCUT2D eigenvalue weighted by molar-refractivity contribution is 6.11. The van der Waals surface area contributed by atoms with Gasteiger partial charge >= 0.3 is 5.97 Å². The van der Waals surface area contributed by atoms with E-state index >= 15 is 0 Å². The summed E-state index contributed by atoms with van der Waals surface area (Å²) in [5, 5.41) is 9.61. The maximum atomic E-state index is 12.2. The Hall–Kier alpha value is -2.41. The van der Waals surface area contributed by atoms with Crippen LogP contribution in [0.2, 0.25) is 0 Å². The van der Waals surface area contributed by atoms with E-state index in [1.54, 1.807) is 31.4 Å². The normalized spacial score (nSPS) is 26.6. The van der Waals surface area contributed by atoms with E-state index in [1.807, 2.05) is 0 Å². The molecule has 7 nitrogen and oxygen atoms in total. The number of fused-ring (bicyclic) bond motifs is 1. The molecule has 2 saturated heterocycles. The number of amides is 1. The van der Waals surface area contributed by atoms with Crippen LogP contribution in [-0.4, -0.2) is 53.0 Å². The highest BCUT2D eigenvalue weighted by Gasteiger charge is 2.61. The number of benzene rings is 1. The lowest BCUT2D eigenvalue weighted by molar-refractivity contribution is -0.172. The maximum absolute atomic E-state index is 12.2. The molecule has 0 aliphatic carbocycles. The zero-order valence-corrected chi connectivity index (χ0v) is 13.5. The third-order valence-electron chi connectivity index (χ3n) is 4.59. The van der Waals surface area contributed by atoms with Crippen LogP contribution in [-0.2, 0) is 25.7 Å². The van der Waals surface area contributed by atoms with Crippen molar-refractivity contribution in [2.24, 2.45) is 5.92 Å². The molecule has 2 heterocycles. The van der Waals surface area contributed by atoms with Gasteiger partial charge in [0.1, 0.15) is 12.4 Å². The molecule has 1 aromatic rings. The molecule has 0 saturated carbocycles. The monoisotopic (exact) mass is 333 g/mol. The van der Waals surface area contributed by atoms with Crippen LogP contribution >= 0.6 is 0 Å². The molecule has 4 unspecified atom stereocenters. The van der Waals surface area contributed by atoms with Gasteiger partial charge in [0.25, 0.3) is 0 Å². The van der Waals surface area contributed by atoms with E-state index in [9.17, 15) is 19.5 Å². The Morgan fingerprint density at radius 2 is 2.00 bits per heavy atom. The Labute approximate surface area is 139 Å². The Bertz CT molecular complexity index is 668. The zero-order valence-electron chi connectivity index (χ0n) is 13.5. The first kappa shape index (κ1) is 16.4. The van der Waals surface area contributed by atoms with E-state index in [4.69, 9.17) is 9.47 Å². The predicted molar refractivity (Wildman–Crippen MR) is 82.0 cm³/mol. The summed E-state index contributed by atoms with van der Waals surface area (Å²) in [6.07, 6.45) is -0.746. The number of β-lactam (4-membered cyclic amide) rings is 1. The lowest BCUT2D eigenvalue weighted by Crippen LogP contribution is -2.64. The second-order valence-electron chi connectivity index (χ2n) is 6.11. The molecule has 7 heteroatoms. The minimum atomic E-state index is -1.18. The number of hydrogen-bond acceptors (Lipinski definition) is 6. The molecule has 2 fully saturated rings. The third-order valence-corrected chi connectivity index (χ3v) is 4.59. The summed E-state index contributed by atoms with van der Waals surface area (Å²) in [6.45, 7) is 1.53. The zero-order chi connectivity index (χ0) is 17.4. The molecule has 2 aliphatic rings. The van der Waals surface area contributed by atoms with Crippen molar-refractivity contribution < 1.29 is 29.0 Å². The van der Waals surface area contributed by atoms with Crippen LogP contribution in [0, 0.1) is 5.92 Å².